The summed E-state index contributed by atoms with van der Waals surface area (Å²) in [6.45, 7) is -0.634. The van der Waals surface area contributed by atoms with Crippen molar-refractivity contribution >= 4 is 17.5 Å². The fourth-order valence-corrected chi connectivity index (χ4v) is 2.20. The van der Waals surface area contributed by atoms with Crippen LogP contribution in [0.3, 0.4) is 0 Å². The fourth-order valence-electron chi connectivity index (χ4n) is 2.20. The SMILES string of the molecule is C#Cc1cccc(NC(=O)CNC(=O)C(F)(F)C2(O)CCC2)c1. The van der Waals surface area contributed by atoms with E-state index in [1.807, 2.05) is 5.32 Å². The van der Waals surface area contributed by atoms with Crippen molar-refractivity contribution in [2.24, 2.45) is 0 Å². The first-order valence-corrected chi connectivity index (χ1v) is 7.03. The van der Waals surface area contributed by atoms with Crippen LogP contribution in [0.2, 0.25) is 0 Å². The van der Waals surface area contributed by atoms with Gasteiger partial charge in [0, 0.05) is 11.3 Å². The van der Waals surface area contributed by atoms with Crippen LogP contribution in [0.5, 0.6) is 0 Å². The number of benzene rings is 1. The van der Waals surface area contributed by atoms with Crippen LogP contribution < -0.4 is 10.6 Å². The second-order valence-electron chi connectivity index (χ2n) is 5.42. The molecule has 1 fully saturated rings. The molecule has 2 amide bonds. The molecular weight excluding hydrogens is 306 g/mol. The number of hydrogen-bond donors (Lipinski definition) is 3. The Morgan fingerprint density at radius 2 is 2.09 bits per heavy atom. The van der Waals surface area contributed by atoms with E-state index in [9.17, 15) is 23.5 Å². The van der Waals surface area contributed by atoms with Gasteiger partial charge in [-0.3, -0.25) is 9.59 Å². The van der Waals surface area contributed by atoms with Crippen LogP contribution in [0.1, 0.15) is 24.8 Å². The van der Waals surface area contributed by atoms with Gasteiger partial charge in [0.2, 0.25) is 5.91 Å². The summed E-state index contributed by atoms with van der Waals surface area (Å²) < 4.78 is 27.6. The summed E-state index contributed by atoms with van der Waals surface area (Å²) in [5.74, 6) is -3.87. The van der Waals surface area contributed by atoms with Crippen molar-refractivity contribution < 1.29 is 23.5 Å². The maximum absolute atomic E-state index is 13.8. The van der Waals surface area contributed by atoms with Crippen molar-refractivity contribution in [3.05, 3.63) is 29.8 Å². The average molecular weight is 322 g/mol. The lowest BCUT2D eigenvalue weighted by atomic mass is 9.75. The van der Waals surface area contributed by atoms with Gasteiger partial charge in [-0.05, 0) is 37.5 Å². The molecule has 0 aromatic heterocycles. The molecule has 2 rings (SSSR count). The summed E-state index contributed by atoms with van der Waals surface area (Å²) in [5, 5.41) is 13.9. The largest absolute Gasteiger partial charge is 0.383 e. The zero-order valence-electron chi connectivity index (χ0n) is 12.2. The smallest absolute Gasteiger partial charge is 0.352 e. The van der Waals surface area contributed by atoms with Crippen LogP contribution >= 0.6 is 0 Å². The molecule has 1 aliphatic rings. The lowest BCUT2D eigenvalue weighted by Crippen LogP contribution is -2.61. The van der Waals surface area contributed by atoms with Gasteiger partial charge >= 0.3 is 5.92 Å². The van der Waals surface area contributed by atoms with E-state index in [0.717, 1.165) is 0 Å². The van der Waals surface area contributed by atoms with Gasteiger partial charge in [0.1, 0.15) is 5.60 Å². The van der Waals surface area contributed by atoms with E-state index in [0.29, 0.717) is 17.7 Å². The molecule has 0 unspecified atom stereocenters. The monoisotopic (exact) mass is 322 g/mol. The van der Waals surface area contributed by atoms with Gasteiger partial charge in [-0.1, -0.05) is 12.0 Å². The lowest BCUT2D eigenvalue weighted by Gasteiger charge is -2.41. The minimum atomic E-state index is -3.92. The third-order valence-corrected chi connectivity index (χ3v) is 3.77. The Labute approximate surface area is 132 Å². The first kappa shape index (κ1) is 16.9. The molecule has 0 atom stereocenters. The number of alkyl halides is 2. The molecule has 0 saturated heterocycles. The van der Waals surface area contributed by atoms with Crippen LogP contribution in [-0.4, -0.2) is 35.0 Å². The number of aliphatic hydroxyl groups is 1. The molecule has 1 aliphatic carbocycles. The van der Waals surface area contributed by atoms with E-state index in [1.165, 1.54) is 6.07 Å². The number of anilines is 1. The van der Waals surface area contributed by atoms with Gasteiger partial charge in [0.15, 0.2) is 0 Å². The predicted molar refractivity (Wildman–Crippen MR) is 79.8 cm³/mol. The number of halogens is 2. The molecular formula is C16H16F2N2O3. The quantitative estimate of drug-likeness (QED) is 0.715. The van der Waals surface area contributed by atoms with Crippen LogP contribution in [0.15, 0.2) is 24.3 Å². The topological polar surface area (TPSA) is 78.4 Å². The van der Waals surface area contributed by atoms with E-state index in [-0.39, 0.29) is 12.8 Å². The molecule has 122 valence electrons. The number of nitrogens with one attached hydrogen (secondary N) is 2. The first-order valence-electron chi connectivity index (χ1n) is 7.03. The maximum atomic E-state index is 13.8. The summed E-state index contributed by atoms with van der Waals surface area (Å²) in [6, 6.07) is 6.40. The predicted octanol–water partition coefficient (Wildman–Crippen LogP) is 1.27. The third-order valence-electron chi connectivity index (χ3n) is 3.77. The van der Waals surface area contributed by atoms with Crippen molar-refractivity contribution in [2.75, 3.05) is 11.9 Å². The van der Waals surface area contributed by atoms with Crippen molar-refractivity contribution in [2.45, 2.75) is 30.8 Å². The van der Waals surface area contributed by atoms with Gasteiger partial charge in [-0.2, -0.15) is 8.78 Å². The van der Waals surface area contributed by atoms with Gasteiger partial charge < -0.3 is 15.7 Å². The molecule has 0 spiro atoms. The molecule has 23 heavy (non-hydrogen) atoms. The van der Waals surface area contributed by atoms with Crippen molar-refractivity contribution in [1.29, 1.82) is 0 Å². The summed E-state index contributed by atoms with van der Waals surface area (Å²) in [4.78, 5) is 23.2. The zero-order valence-corrected chi connectivity index (χ0v) is 12.2. The molecule has 0 heterocycles. The summed E-state index contributed by atoms with van der Waals surface area (Å²) in [6.07, 6.45) is 5.38. The van der Waals surface area contributed by atoms with E-state index in [2.05, 4.69) is 11.2 Å². The van der Waals surface area contributed by atoms with Gasteiger partial charge in [-0.25, -0.2) is 0 Å². The molecule has 1 aromatic carbocycles. The molecule has 1 saturated carbocycles. The highest BCUT2D eigenvalue weighted by molar-refractivity contribution is 5.96. The number of carbonyl (C=O) groups is 2. The van der Waals surface area contributed by atoms with Crippen molar-refractivity contribution in [3.8, 4) is 12.3 Å². The van der Waals surface area contributed by atoms with Crippen molar-refractivity contribution in [1.82, 2.24) is 5.32 Å². The van der Waals surface area contributed by atoms with Crippen LogP contribution in [0.25, 0.3) is 0 Å². The van der Waals surface area contributed by atoms with Crippen LogP contribution in [-0.2, 0) is 9.59 Å². The number of terminal acetylenes is 1. The maximum Gasteiger partial charge on any atom is 0.352 e. The van der Waals surface area contributed by atoms with E-state index < -0.39 is 29.9 Å². The number of amides is 2. The van der Waals surface area contributed by atoms with E-state index in [4.69, 9.17) is 6.42 Å². The highest BCUT2D eigenvalue weighted by Crippen LogP contribution is 2.44. The third kappa shape index (κ3) is 3.48. The number of hydrogen-bond acceptors (Lipinski definition) is 3. The van der Waals surface area contributed by atoms with Gasteiger partial charge in [-0.15, -0.1) is 6.42 Å². The van der Waals surface area contributed by atoms with Crippen LogP contribution in [0, 0.1) is 12.3 Å². The number of carbonyl (C=O) groups excluding carboxylic acids is 2. The minimum absolute atomic E-state index is 0.140. The Balaban J connectivity index is 1.89. The zero-order chi connectivity index (χ0) is 17.1. The molecule has 3 N–H and O–H groups in total. The Bertz CT molecular complexity index is 664. The van der Waals surface area contributed by atoms with E-state index >= 15 is 0 Å². The fraction of sp³-hybridized carbons (Fsp3) is 0.375. The second kappa shape index (κ2) is 6.34. The molecule has 0 radical (unpaired) electrons. The van der Waals surface area contributed by atoms with E-state index in [1.54, 1.807) is 18.2 Å². The standard InChI is InChI=1S/C16H16F2N2O3/c1-2-11-5-3-6-12(9-11)20-13(21)10-19-14(22)16(17,18)15(23)7-4-8-15/h1,3,5-6,9,23H,4,7-8,10H2,(H,19,22)(H,20,21). The van der Waals surface area contributed by atoms with Crippen LogP contribution in [0.4, 0.5) is 14.5 Å². The summed E-state index contributed by atoms with van der Waals surface area (Å²) >= 11 is 0. The van der Waals surface area contributed by atoms with Crippen molar-refractivity contribution in [3.63, 3.8) is 0 Å². The first-order chi connectivity index (χ1) is 10.8. The Morgan fingerprint density at radius 3 is 2.65 bits per heavy atom. The Hall–Kier alpha value is -2.46. The molecule has 0 bridgehead atoms. The highest BCUT2D eigenvalue weighted by Gasteiger charge is 2.61. The molecule has 1 aromatic rings. The highest BCUT2D eigenvalue weighted by atomic mass is 19.3. The lowest BCUT2D eigenvalue weighted by molar-refractivity contribution is -0.215. The molecule has 7 heteroatoms. The second-order valence-corrected chi connectivity index (χ2v) is 5.42. The normalized spacial score (nSPS) is 15.9. The summed E-state index contributed by atoms with van der Waals surface area (Å²) in [5.41, 5.74) is -1.37. The van der Waals surface area contributed by atoms with Gasteiger partial charge in [0.05, 0.1) is 6.54 Å². The van der Waals surface area contributed by atoms with Gasteiger partial charge in [0.25, 0.3) is 5.91 Å². The number of rotatable bonds is 5. The average Bonchev–Trinajstić information content (AvgIpc) is 2.50. The Kier molecular flexibility index (Phi) is 4.66. The molecule has 5 nitrogen and oxygen atoms in total. The molecule has 0 aliphatic heterocycles. The summed E-state index contributed by atoms with van der Waals surface area (Å²) in [7, 11) is 0. The minimum Gasteiger partial charge on any atom is -0.383 e. The Morgan fingerprint density at radius 1 is 1.39 bits per heavy atom.